The molecule has 0 radical (unpaired) electrons. The Balaban J connectivity index is 0.000000202. The maximum Gasteiger partial charge on any atom is 0.255 e. The predicted molar refractivity (Wildman–Crippen MR) is 251 cm³/mol. The number of fused-ring (bicyclic) bond motifs is 4. The molecule has 0 aliphatic carbocycles. The number of nitrogens with one attached hydrogen (secondary N) is 3. The zero-order valence-corrected chi connectivity index (χ0v) is 39.6. The molecule has 0 saturated carbocycles. The van der Waals surface area contributed by atoms with Crippen molar-refractivity contribution >= 4 is 64.0 Å². The summed E-state index contributed by atoms with van der Waals surface area (Å²) in [4.78, 5) is 47.2. The lowest BCUT2D eigenvalue weighted by atomic mass is 9.95. The van der Waals surface area contributed by atoms with Crippen molar-refractivity contribution in [1.29, 1.82) is 0 Å². The standard InChI is InChI=1S/C26H35FN6O3Si.C20H21FN6O2/c1-26(2,15-34)14-29-25(35)19-13-33(16-36-9-10-37(4,5)6)24-23(19)30-20(12-28-24)22-18-8-7-17(27)11-21(18)32(3)31-22;1-20(2,10-28)9-24-19(29)13-7-22-18-17(13)25-14(8-23-18)16-12-5-4-11(21)6-15(12)27(3)26-16/h7-8,11-13,34H,9-10,14-16H2,1-6H3,(H,29,35);4-8,28H,9-10H2,1-3H3,(H,22,23)(H,24,29). The van der Waals surface area contributed by atoms with Crippen molar-refractivity contribution in [3.63, 3.8) is 0 Å². The van der Waals surface area contributed by atoms with Crippen molar-refractivity contribution in [3.05, 3.63) is 83.9 Å². The normalized spacial score (nSPS) is 12.3. The van der Waals surface area contributed by atoms with Crippen LogP contribution in [0.1, 0.15) is 48.4 Å². The molecule has 0 atom stereocenters. The molecule has 17 nitrogen and oxygen atoms in total. The number of halogens is 2. The largest absolute Gasteiger partial charge is 0.396 e. The van der Waals surface area contributed by atoms with Gasteiger partial charge in [0.05, 0.1) is 34.6 Å². The number of nitrogens with zero attached hydrogens (tertiary/aromatic N) is 9. The number of aliphatic hydroxyl groups is 2. The van der Waals surface area contributed by atoms with Gasteiger partial charge in [-0.15, -0.1) is 0 Å². The van der Waals surface area contributed by atoms with Crippen molar-refractivity contribution in [1.82, 2.24) is 59.7 Å². The maximum absolute atomic E-state index is 13.8. The molecule has 0 fully saturated rings. The van der Waals surface area contributed by atoms with E-state index >= 15 is 0 Å². The molecule has 0 bridgehead atoms. The topological polar surface area (TPSA) is 216 Å². The SMILES string of the molecule is Cn1nc(-c2cnc3[nH]cc(C(=O)NCC(C)(C)CO)c3n2)c2ccc(F)cc21.Cn1nc(-c2cnc3c(n2)c(C(=O)NCC(C)(C)CO)cn3COCC[Si](C)(C)C)c2ccc(F)cc21. The fraction of sp³-hybridized carbons (Fsp3) is 0.391. The molecule has 0 saturated heterocycles. The van der Waals surface area contributed by atoms with Crippen LogP contribution < -0.4 is 10.6 Å². The van der Waals surface area contributed by atoms with Crippen LogP contribution in [0.5, 0.6) is 0 Å². The average Bonchev–Trinajstić information content (AvgIpc) is 4.05. The number of aromatic nitrogens is 10. The van der Waals surface area contributed by atoms with E-state index in [2.05, 4.69) is 60.4 Å². The second-order valence-corrected chi connectivity index (χ2v) is 24.8. The number of benzene rings is 2. The highest BCUT2D eigenvalue weighted by atomic mass is 28.3. The number of ether oxygens (including phenoxy) is 1. The quantitative estimate of drug-likeness (QED) is 0.0547. The first kappa shape index (κ1) is 47.5. The van der Waals surface area contributed by atoms with Crippen molar-refractivity contribution in [2.45, 2.75) is 60.1 Å². The van der Waals surface area contributed by atoms with E-state index in [-0.39, 0.29) is 43.4 Å². The molecular formula is C46H56F2N12O5Si. The van der Waals surface area contributed by atoms with Crippen molar-refractivity contribution in [3.8, 4) is 22.8 Å². The van der Waals surface area contributed by atoms with E-state index in [1.54, 1.807) is 64.9 Å². The monoisotopic (exact) mass is 922 g/mol. The summed E-state index contributed by atoms with van der Waals surface area (Å²) in [6, 6.07) is 9.94. The van der Waals surface area contributed by atoms with E-state index in [0.29, 0.717) is 87.0 Å². The first-order chi connectivity index (χ1) is 31.2. The minimum Gasteiger partial charge on any atom is -0.396 e. The number of rotatable bonds is 15. The summed E-state index contributed by atoms with van der Waals surface area (Å²) in [6.07, 6.45) is 6.45. The molecule has 66 heavy (non-hydrogen) atoms. The number of amides is 2. The number of aromatic amines is 1. The Labute approximate surface area is 380 Å². The van der Waals surface area contributed by atoms with E-state index in [9.17, 15) is 28.6 Å². The predicted octanol–water partition coefficient (Wildman–Crippen LogP) is 6.58. The third-order valence-corrected chi connectivity index (χ3v) is 12.8. The number of aliphatic hydroxyl groups excluding tert-OH is 2. The minimum absolute atomic E-state index is 0.0432. The highest BCUT2D eigenvalue weighted by Gasteiger charge is 2.25. The van der Waals surface area contributed by atoms with Gasteiger partial charge in [0, 0.05) is 89.1 Å². The fourth-order valence-electron chi connectivity index (χ4n) is 6.93. The number of carbonyl (C=O) groups is 2. The molecule has 0 unspecified atom stereocenters. The summed E-state index contributed by atoms with van der Waals surface area (Å²) >= 11 is 0. The third kappa shape index (κ3) is 10.5. The van der Waals surface area contributed by atoms with Gasteiger partial charge in [0.2, 0.25) is 0 Å². The third-order valence-electron chi connectivity index (χ3n) is 11.1. The highest BCUT2D eigenvalue weighted by molar-refractivity contribution is 6.76. The summed E-state index contributed by atoms with van der Waals surface area (Å²) < 4.78 is 38.3. The number of hydrogen-bond acceptors (Lipinski definition) is 11. The summed E-state index contributed by atoms with van der Waals surface area (Å²) in [6.45, 7) is 15.7. The van der Waals surface area contributed by atoms with Gasteiger partial charge in [-0.2, -0.15) is 10.2 Å². The first-order valence-electron chi connectivity index (χ1n) is 21.5. The van der Waals surface area contributed by atoms with Crippen LogP contribution in [0.3, 0.4) is 0 Å². The van der Waals surface area contributed by atoms with Crippen molar-refractivity contribution in [2.75, 3.05) is 32.9 Å². The van der Waals surface area contributed by atoms with Gasteiger partial charge in [0.1, 0.15) is 52.2 Å². The van der Waals surface area contributed by atoms with Crippen LogP contribution in [-0.2, 0) is 25.6 Å². The van der Waals surface area contributed by atoms with Gasteiger partial charge < -0.3 is 35.1 Å². The number of hydrogen-bond donors (Lipinski definition) is 5. The van der Waals surface area contributed by atoms with Crippen molar-refractivity contribution < 1.29 is 33.3 Å². The van der Waals surface area contributed by atoms with E-state index in [1.165, 1.54) is 24.3 Å². The van der Waals surface area contributed by atoms with Crippen LogP contribution in [0.2, 0.25) is 25.7 Å². The fourth-order valence-corrected chi connectivity index (χ4v) is 7.69. The lowest BCUT2D eigenvalue weighted by molar-refractivity contribution is 0.0882. The van der Waals surface area contributed by atoms with Gasteiger partial charge in [-0.3, -0.25) is 19.0 Å². The smallest absolute Gasteiger partial charge is 0.255 e. The molecule has 5 N–H and O–H groups in total. The van der Waals surface area contributed by atoms with Gasteiger partial charge >= 0.3 is 0 Å². The van der Waals surface area contributed by atoms with Crippen LogP contribution in [0, 0.1) is 22.5 Å². The second-order valence-electron chi connectivity index (χ2n) is 19.2. The van der Waals surface area contributed by atoms with Crippen LogP contribution in [0.4, 0.5) is 8.78 Å². The number of aryl methyl sites for hydroxylation is 2. The lowest BCUT2D eigenvalue weighted by Gasteiger charge is -2.21. The molecule has 6 heterocycles. The van der Waals surface area contributed by atoms with Gasteiger partial charge in [0.15, 0.2) is 11.3 Å². The van der Waals surface area contributed by atoms with Gasteiger partial charge in [-0.05, 0) is 42.4 Å². The van der Waals surface area contributed by atoms with Gasteiger partial charge in [0.25, 0.3) is 11.8 Å². The molecule has 2 amide bonds. The van der Waals surface area contributed by atoms with E-state index in [4.69, 9.17) is 9.72 Å². The summed E-state index contributed by atoms with van der Waals surface area (Å²) in [5.41, 5.74) is 5.02. The van der Waals surface area contributed by atoms with E-state index < -0.39 is 18.9 Å². The molecule has 8 rings (SSSR count). The zero-order chi connectivity index (χ0) is 47.7. The summed E-state index contributed by atoms with van der Waals surface area (Å²) in [5, 5.41) is 35.1. The first-order valence-corrected chi connectivity index (χ1v) is 25.2. The molecule has 8 aromatic rings. The molecule has 0 aliphatic heterocycles. The lowest BCUT2D eigenvalue weighted by Crippen LogP contribution is -2.36. The highest BCUT2D eigenvalue weighted by Crippen LogP contribution is 2.31. The number of H-pyrrole nitrogens is 1. The molecule has 0 spiro atoms. The van der Waals surface area contributed by atoms with Crippen LogP contribution in [-0.4, -0.2) is 112 Å². The second kappa shape index (κ2) is 18.8. The van der Waals surface area contributed by atoms with Crippen LogP contribution in [0.25, 0.3) is 66.9 Å². The Morgan fingerprint density at radius 3 is 1.82 bits per heavy atom. The van der Waals surface area contributed by atoms with E-state index in [1.807, 2.05) is 27.7 Å². The Bertz CT molecular complexity index is 3080. The molecular weight excluding hydrogens is 867 g/mol. The molecule has 6 aromatic heterocycles. The molecule has 2 aromatic carbocycles. The summed E-state index contributed by atoms with van der Waals surface area (Å²) in [7, 11) is 2.23. The Kier molecular flexibility index (Phi) is 13.5. The Morgan fingerprint density at radius 1 is 0.773 bits per heavy atom. The van der Waals surface area contributed by atoms with Crippen molar-refractivity contribution in [2.24, 2.45) is 24.9 Å². The Morgan fingerprint density at radius 2 is 1.29 bits per heavy atom. The van der Waals surface area contributed by atoms with Crippen LogP contribution in [0.15, 0.2) is 61.2 Å². The number of carbonyl (C=O) groups excluding carboxylic acids is 2. The van der Waals surface area contributed by atoms with E-state index in [0.717, 1.165) is 16.8 Å². The van der Waals surface area contributed by atoms with Gasteiger partial charge in [-0.1, -0.05) is 47.3 Å². The maximum atomic E-state index is 13.8. The molecule has 348 valence electrons. The average molecular weight is 923 g/mol. The molecule has 20 heteroatoms. The minimum atomic E-state index is -1.24. The Hall–Kier alpha value is -6.48. The zero-order valence-electron chi connectivity index (χ0n) is 38.6. The van der Waals surface area contributed by atoms with Gasteiger partial charge in [-0.25, -0.2) is 28.7 Å². The summed E-state index contributed by atoms with van der Waals surface area (Å²) in [5.74, 6) is -1.31. The molecule has 0 aliphatic rings. The van der Waals surface area contributed by atoms with Crippen LogP contribution >= 0.6 is 0 Å².